The van der Waals surface area contributed by atoms with Crippen LogP contribution in [0.1, 0.15) is 27.9 Å². The van der Waals surface area contributed by atoms with E-state index in [1.165, 1.54) is 13.1 Å². The van der Waals surface area contributed by atoms with Crippen molar-refractivity contribution >= 4 is 23.6 Å². The van der Waals surface area contributed by atoms with Crippen molar-refractivity contribution < 1.29 is 19.5 Å². The first-order valence-corrected chi connectivity index (χ1v) is 6.45. The predicted molar refractivity (Wildman–Crippen MR) is 78.6 cm³/mol. The maximum absolute atomic E-state index is 11.7. The van der Waals surface area contributed by atoms with Crippen LogP contribution in [0.2, 0.25) is 0 Å². The van der Waals surface area contributed by atoms with E-state index in [0.717, 1.165) is 5.56 Å². The molecule has 0 bridgehead atoms. The van der Waals surface area contributed by atoms with Crippen LogP contribution in [0.3, 0.4) is 0 Å². The molecular formula is C14H19N3O4. The Morgan fingerprint density at radius 3 is 2.43 bits per heavy atom. The van der Waals surface area contributed by atoms with E-state index in [9.17, 15) is 14.4 Å². The molecule has 1 aromatic carbocycles. The van der Waals surface area contributed by atoms with Crippen LogP contribution >= 0.6 is 0 Å². The lowest BCUT2D eigenvalue weighted by molar-refractivity contribution is -0.120. The first-order chi connectivity index (χ1) is 9.85. The minimum atomic E-state index is -1.04. The van der Waals surface area contributed by atoms with Gasteiger partial charge in [-0.15, -0.1) is 0 Å². The van der Waals surface area contributed by atoms with E-state index in [4.69, 9.17) is 5.11 Å². The SMILES string of the molecule is CNC(=O)CCNC(=O)Nc1cc(C)c(C)c(C(=O)O)c1. The number of nitrogens with one attached hydrogen (secondary N) is 3. The first-order valence-electron chi connectivity index (χ1n) is 6.45. The number of rotatable bonds is 5. The summed E-state index contributed by atoms with van der Waals surface area (Å²) in [5, 5.41) is 16.6. The average molecular weight is 293 g/mol. The summed E-state index contributed by atoms with van der Waals surface area (Å²) < 4.78 is 0. The van der Waals surface area contributed by atoms with Gasteiger partial charge >= 0.3 is 12.0 Å². The fourth-order valence-electron chi connectivity index (χ4n) is 1.74. The smallest absolute Gasteiger partial charge is 0.336 e. The highest BCUT2D eigenvalue weighted by molar-refractivity contribution is 5.94. The number of hydrogen-bond acceptors (Lipinski definition) is 3. The number of aryl methyl sites for hydroxylation is 1. The molecule has 1 rings (SSSR count). The number of carbonyl (C=O) groups excluding carboxylic acids is 2. The maximum Gasteiger partial charge on any atom is 0.336 e. The number of urea groups is 1. The van der Waals surface area contributed by atoms with Crippen LogP contribution in [0.15, 0.2) is 12.1 Å². The highest BCUT2D eigenvalue weighted by Gasteiger charge is 2.12. The first kappa shape index (κ1) is 16.5. The van der Waals surface area contributed by atoms with Crippen LogP contribution in [0.25, 0.3) is 0 Å². The number of hydrogen-bond donors (Lipinski definition) is 4. The second kappa shape index (κ2) is 7.28. The second-order valence-electron chi connectivity index (χ2n) is 4.57. The quantitative estimate of drug-likeness (QED) is 0.655. The number of aromatic carboxylic acids is 1. The lowest BCUT2D eigenvalue weighted by Gasteiger charge is -2.11. The summed E-state index contributed by atoms with van der Waals surface area (Å²) in [4.78, 5) is 33.8. The van der Waals surface area contributed by atoms with Crippen molar-refractivity contribution in [3.8, 4) is 0 Å². The van der Waals surface area contributed by atoms with Crippen molar-refractivity contribution in [2.75, 3.05) is 18.9 Å². The number of carboxylic acids is 1. The molecule has 0 saturated carbocycles. The van der Waals surface area contributed by atoms with Crippen LogP contribution in [-0.2, 0) is 4.79 Å². The standard InChI is InChI=1S/C14H19N3O4/c1-8-6-10(7-11(9(8)2)13(19)20)17-14(21)16-5-4-12(18)15-3/h6-7H,4-5H2,1-3H3,(H,15,18)(H,19,20)(H2,16,17,21). The molecule has 1 aromatic rings. The van der Waals surface area contributed by atoms with Gasteiger partial charge in [0.15, 0.2) is 0 Å². The van der Waals surface area contributed by atoms with Crippen molar-refractivity contribution in [3.63, 3.8) is 0 Å². The third-order valence-corrected chi connectivity index (χ3v) is 3.07. The normalized spacial score (nSPS) is 9.86. The molecule has 0 aliphatic rings. The molecule has 0 spiro atoms. The summed E-state index contributed by atoms with van der Waals surface area (Å²) >= 11 is 0. The van der Waals surface area contributed by atoms with Crippen molar-refractivity contribution in [2.45, 2.75) is 20.3 Å². The topological polar surface area (TPSA) is 108 Å². The van der Waals surface area contributed by atoms with Gasteiger partial charge < -0.3 is 21.1 Å². The molecule has 7 heteroatoms. The Bertz CT molecular complexity index is 570. The molecule has 3 amide bonds. The lowest BCUT2D eigenvalue weighted by Crippen LogP contribution is -2.32. The molecule has 0 unspecified atom stereocenters. The maximum atomic E-state index is 11.7. The van der Waals surface area contributed by atoms with Gasteiger partial charge in [-0.2, -0.15) is 0 Å². The number of benzene rings is 1. The van der Waals surface area contributed by atoms with Gasteiger partial charge in [-0.05, 0) is 37.1 Å². The molecule has 0 atom stereocenters. The van der Waals surface area contributed by atoms with Crippen LogP contribution in [0.4, 0.5) is 10.5 Å². The predicted octanol–water partition coefficient (Wildman–Crippen LogP) is 1.26. The largest absolute Gasteiger partial charge is 0.478 e. The Balaban J connectivity index is 2.68. The average Bonchev–Trinajstić information content (AvgIpc) is 2.42. The van der Waals surface area contributed by atoms with Gasteiger partial charge in [-0.25, -0.2) is 9.59 Å². The zero-order chi connectivity index (χ0) is 16.0. The fourth-order valence-corrected chi connectivity index (χ4v) is 1.74. The van der Waals surface area contributed by atoms with Crippen LogP contribution in [0.5, 0.6) is 0 Å². The number of anilines is 1. The molecule has 0 aromatic heterocycles. The third kappa shape index (κ3) is 4.79. The Labute approximate surface area is 122 Å². The van der Waals surface area contributed by atoms with E-state index in [1.807, 2.05) is 0 Å². The monoisotopic (exact) mass is 293 g/mol. The van der Waals surface area contributed by atoms with Gasteiger partial charge in [-0.3, -0.25) is 4.79 Å². The minimum absolute atomic E-state index is 0.149. The summed E-state index contributed by atoms with van der Waals surface area (Å²) in [6.45, 7) is 3.69. The fraction of sp³-hybridized carbons (Fsp3) is 0.357. The molecule has 0 aliphatic heterocycles. The van der Waals surface area contributed by atoms with E-state index < -0.39 is 12.0 Å². The van der Waals surface area contributed by atoms with Crippen molar-refractivity contribution in [1.29, 1.82) is 0 Å². The lowest BCUT2D eigenvalue weighted by atomic mass is 10.0. The summed E-state index contributed by atoms with van der Waals surface area (Å²) in [6, 6.07) is 2.61. The van der Waals surface area contributed by atoms with Gasteiger partial charge in [0, 0.05) is 25.7 Å². The van der Waals surface area contributed by atoms with E-state index in [0.29, 0.717) is 11.3 Å². The number of amides is 3. The molecule has 114 valence electrons. The molecule has 0 saturated heterocycles. The Morgan fingerprint density at radius 2 is 1.86 bits per heavy atom. The van der Waals surface area contributed by atoms with Crippen molar-refractivity contribution in [1.82, 2.24) is 10.6 Å². The Hall–Kier alpha value is -2.57. The molecule has 0 aliphatic carbocycles. The van der Waals surface area contributed by atoms with Gasteiger partial charge in [0.05, 0.1) is 5.56 Å². The Morgan fingerprint density at radius 1 is 1.19 bits per heavy atom. The molecule has 7 nitrogen and oxygen atoms in total. The molecular weight excluding hydrogens is 274 g/mol. The molecule has 0 fully saturated rings. The van der Waals surface area contributed by atoms with E-state index in [1.54, 1.807) is 19.9 Å². The minimum Gasteiger partial charge on any atom is -0.478 e. The Kier molecular flexibility index (Phi) is 5.71. The second-order valence-corrected chi connectivity index (χ2v) is 4.57. The zero-order valence-corrected chi connectivity index (χ0v) is 12.2. The van der Waals surface area contributed by atoms with Crippen LogP contribution < -0.4 is 16.0 Å². The van der Waals surface area contributed by atoms with E-state index in [2.05, 4.69) is 16.0 Å². The van der Waals surface area contributed by atoms with Gasteiger partial charge in [-0.1, -0.05) is 0 Å². The van der Waals surface area contributed by atoms with E-state index >= 15 is 0 Å². The van der Waals surface area contributed by atoms with Gasteiger partial charge in [0.2, 0.25) is 5.91 Å². The summed E-state index contributed by atoms with van der Waals surface area (Å²) in [7, 11) is 1.52. The van der Waals surface area contributed by atoms with Crippen molar-refractivity contribution in [2.24, 2.45) is 0 Å². The summed E-state index contributed by atoms with van der Waals surface area (Å²) in [5.74, 6) is -1.21. The number of carboxylic acid groups (broad SMARTS) is 1. The van der Waals surface area contributed by atoms with Crippen LogP contribution in [-0.4, -0.2) is 36.6 Å². The molecule has 0 heterocycles. The molecule has 4 N–H and O–H groups in total. The summed E-state index contributed by atoms with van der Waals surface area (Å²) in [6.07, 6.45) is 0.178. The van der Waals surface area contributed by atoms with Gasteiger partial charge in [0.1, 0.15) is 0 Å². The van der Waals surface area contributed by atoms with Crippen LogP contribution in [0, 0.1) is 13.8 Å². The number of carbonyl (C=O) groups is 3. The van der Waals surface area contributed by atoms with E-state index in [-0.39, 0.29) is 24.4 Å². The van der Waals surface area contributed by atoms with Crippen molar-refractivity contribution in [3.05, 3.63) is 28.8 Å². The van der Waals surface area contributed by atoms with Gasteiger partial charge in [0.25, 0.3) is 0 Å². The highest BCUT2D eigenvalue weighted by Crippen LogP contribution is 2.19. The summed E-state index contributed by atoms with van der Waals surface area (Å²) in [5.41, 5.74) is 1.98. The molecule has 21 heavy (non-hydrogen) atoms. The molecule has 0 radical (unpaired) electrons. The highest BCUT2D eigenvalue weighted by atomic mass is 16.4. The zero-order valence-electron chi connectivity index (χ0n) is 12.2. The third-order valence-electron chi connectivity index (χ3n) is 3.07.